The maximum atomic E-state index is 15.9. The predicted octanol–water partition coefficient (Wildman–Crippen LogP) is -1.39. The molecule has 0 saturated carbocycles. The first-order valence-corrected chi connectivity index (χ1v) is 11.3. The molecular weight excluding hydrogens is 426 g/mol. The summed E-state index contributed by atoms with van der Waals surface area (Å²) in [6, 6.07) is 7.94. The minimum Gasteiger partial charge on any atom is -0.339 e. The highest BCUT2D eigenvalue weighted by Crippen LogP contribution is 2.43. The number of alkyl halides is 1. The zero-order valence-electron chi connectivity index (χ0n) is 19.4. The van der Waals surface area contributed by atoms with Crippen LogP contribution in [0.2, 0.25) is 10.2 Å². The SMILES string of the molecule is BC(B)(B)c1ccc(CNCC2(F)CCN(C(=O)c3ccc(F)c(Cl)c3)CC2(B)B)nc1. The standard InChI is InChI=1S/C20H27B5ClF2N3O/c21-19(22)11-31(17(32)12-1-4-16(27)15(26)7-12)6-5-18(19,28)10-29-9-14-3-2-13(8-30-14)20(23,24)25/h1-4,7-8,29H,5-6,9-11,21-25H2. The number of nitrogens with zero attached hydrogens (tertiary/aromatic N) is 2. The van der Waals surface area contributed by atoms with E-state index in [0.717, 1.165) is 11.3 Å². The number of rotatable bonds is 6. The van der Waals surface area contributed by atoms with E-state index in [1.165, 1.54) is 18.2 Å². The van der Waals surface area contributed by atoms with Crippen LogP contribution in [0.4, 0.5) is 8.78 Å². The third-order valence-electron chi connectivity index (χ3n) is 6.43. The summed E-state index contributed by atoms with van der Waals surface area (Å²) in [6.45, 7) is 1.20. The van der Waals surface area contributed by atoms with Crippen LogP contribution in [0.5, 0.6) is 0 Å². The largest absolute Gasteiger partial charge is 0.339 e. The van der Waals surface area contributed by atoms with Crippen molar-refractivity contribution in [1.82, 2.24) is 15.2 Å². The number of amides is 1. The number of nitrogens with one attached hydrogen (secondary N) is 1. The summed E-state index contributed by atoms with van der Waals surface area (Å²) in [7, 11) is 10.1. The Hall–Kier alpha value is -1.73. The van der Waals surface area contributed by atoms with Crippen molar-refractivity contribution < 1.29 is 13.6 Å². The summed E-state index contributed by atoms with van der Waals surface area (Å²) in [6.07, 6.45) is 2.09. The number of hydrogen-bond acceptors (Lipinski definition) is 3. The van der Waals surface area contributed by atoms with Gasteiger partial charge in [-0.15, -0.1) is 0 Å². The lowest BCUT2D eigenvalue weighted by molar-refractivity contribution is 0.0345. The van der Waals surface area contributed by atoms with Gasteiger partial charge in [-0.25, -0.2) is 8.78 Å². The number of carbonyl (C=O) groups is 1. The van der Waals surface area contributed by atoms with Crippen LogP contribution in [0.15, 0.2) is 36.5 Å². The number of benzene rings is 1. The van der Waals surface area contributed by atoms with Gasteiger partial charge in [0.1, 0.15) is 27.2 Å². The van der Waals surface area contributed by atoms with Crippen LogP contribution in [0.3, 0.4) is 0 Å². The molecule has 1 aromatic heterocycles. The summed E-state index contributed by atoms with van der Waals surface area (Å²) in [5.74, 6) is -0.836. The van der Waals surface area contributed by atoms with E-state index in [9.17, 15) is 9.18 Å². The molecule has 3 rings (SSSR count). The van der Waals surface area contributed by atoms with E-state index < -0.39 is 16.7 Å². The topological polar surface area (TPSA) is 45.2 Å². The lowest BCUT2D eigenvalue weighted by Crippen LogP contribution is -2.59. The van der Waals surface area contributed by atoms with Crippen molar-refractivity contribution in [3.63, 3.8) is 0 Å². The third kappa shape index (κ3) is 5.42. The molecule has 1 atom stereocenters. The zero-order chi connectivity index (χ0) is 23.7. The molecule has 12 heteroatoms. The van der Waals surface area contributed by atoms with E-state index in [2.05, 4.69) is 39.9 Å². The van der Waals surface area contributed by atoms with Crippen LogP contribution in [-0.4, -0.2) is 80.3 Å². The minimum absolute atomic E-state index is 0.0383. The van der Waals surface area contributed by atoms with Gasteiger partial charge in [-0.05, 0) is 41.5 Å². The van der Waals surface area contributed by atoms with Gasteiger partial charge in [0, 0.05) is 37.9 Å². The lowest BCUT2D eigenvalue weighted by atomic mass is 9.40. The van der Waals surface area contributed by atoms with Gasteiger partial charge in [-0.3, -0.25) is 9.78 Å². The first-order valence-electron chi connectivity index (χ1n) is 10.9. The van der Waals surface area contributed by atoms with Crippen molar-refractivity contribution >= 4 is 56.7 Å². The predicted molar refractivity (Wildman–Crippen MR) is 139 cm³/mol. The fraction of sp³-hybridized carbons (Fsp3) is 0.400. The first kappa shape index (κ1) is 24.9. The van der Waals surface area contributed by atoms with Crippen LogP contribution >= 0.6 is 11.6 Å². The Morgan fingerprint density at radius 3 is 2.53 bits per heavy atom. The molecule has 0 aliphatic carbocycles. The molecule has 0 bridgehead atoms. The van der Waals surface area contributed by atoms with Crippen molar-refractivity contribution in [1.29, 1.82) is 0 Å². The van der Waals surface area contributed by atoms with E-state index in [1.807, 2.05) is 28.0 Å². The lowest BCUT2D eigenvalue weighted by Gasteiger charge is -2.49. The number of carbonyl (C=O) groups excluding carboxylic acids is 1. The highest BCUT2D eigenvalue weighted by molar-refractivity contribution is 6.58. The Kier molecular flexibility index (Phi) is 7.21. The molecule has 0 spiro atoms. The summed E-state index contributed by atoms with van der Waals surface area (Å²) in [5, 5.41) is 2.39. The third-order valence-corrected chi connectivity index (χ3v) is 6.72. The molecule has 2 aromatic rings. The van der Waals surface area contributed by atoms with Crippen molar-refractivity contribution in [3.8, 4) is 0 Å². The van der Waals surface area contributed by atoms with Gasteiger partial charge in [0.2, 0.25) is 0 Å². The monoisotopic (exact) mass is 453 g/mol. The van der Waals surface area contributed by atoms with Gasteiger partial charge < -0.3 is 10.2 Å². The number of halogens is 3. The van der Waals surface area contributed by atoms with Gasteiger partial charge in [0.25, 0.3) is 5.91 Å². The minimum atomic E-state index is -1.48. The van der Waals surface area contributed by atoms with Gasteiger partial charge in [0.05, 0.1) is 34.3 Å². The van der Waals surface area contributed by atoms with E-state index in [0.29, 0.717) is 12.1 Å². The Labute approximate surface area is 198 Å². The number of pyridine rings is 1. The number of aromatic nitrogens is 1. The molecule has 1 amide bonds. The van der Waals surface area contributed by atoms with E-state index in [4.69, 9.17) is 11.6 Å². The average Bonchev–Trinajstić information content (AvgIpc) is 2.71. The highest BCUT2D eigenvalue weighted by atomic mass is 35.5. The molecule has 32 heavy (non-hydrogen) atoms. The fourth-order valence-corrected chi connectivity index (χ4v) is 4.20. The number of likely N-dealkylation sites (tertiary alicyclic amines) is 1. The average molecular weight is 453 g/mol. The molecule has 1 aliphatic heterocycles. The molecule has 1 aromatic carbocycles. The molecule has 164 valence electrons. The van der Waals surface area contributed by atoms with Gasteiger partial charge >= 0.3 is 0 Å². The zero-order valence-corrected chi connectivity index (χ0v) is 20.2. The Morgan fingerprint density at radius 2 is 1.97 bits per heavy atom. The molecular formula is C20H27B5ClF2N3O. The Balaban J connectivity index is 1.60. The Morgan fingerprint density at radius 1 is 1.25 bits per heavy atom. The molecule has 2 heterocycles. The Bertz CT molecular complexity index is 990. The maximum Gasteiger partial charge on any atom is 0.253 e. The van der Waals surface area contributed by atoms with Crippen LogP contribution in [0.25, 0.3) is 0 Å². The molecule has 1 unspecified atom stereocenters. The maximum absolute atomic E-state index is 15.9. The first-order chi connectivity index (χ1) is 14.8. The summed E-state index contributed by atoms with van der Waals surface area (Å²) in [5.41, 5.74) is 0.848. The van der Waals surface area contributed by atoms with Gasteiger partial charge in [-0.2, -0.15) is 0 Å². The quantitative estimate of drug-likeness (QED) is 0.549. The normalized spacial score (nSPS) is 20.8. The molecule has 4 nitrogen and oxygen atoms in total. The number of piperidine rings is 1. The second kappa shape index (κ2) is 9.26. The summed E-state index contributed by atoms with van der Waals surface area (Å²) < 4.78 is 29.4. The summed E-state index contributed by atoms with van der Waals surface area (Å²) >= 11 is 5.82. The second-order valence-electron chi connectivity index (χ2n) is 10.3. The van der Waals surface area contributed by atoms with E-state index in [-0.39, 0.29) is 42.1 Å². The molecule has 0 radical (unpaired) electrons. The molecule has 1 fully saturated rings. The van der Waals surface area contributed by atoms with Crippen LogP contribution in [-0.2, 0) is 11.7 Å². The van der Waals surface area contributed by atoms with Crippen molar-refractivity contribution in [2.24, 2.45) is 0 Å². The summed E-state index contributed by atoms with van der Waals surface area (Å²) in [4.78, 5) is 19.0. The smallest absolute Gasteiger partial charge is 0.253 e. The van der Waals surface area contributed by atoms with Crippen molar-refractivity contribution in [2.45, 2.75) is 29.0 Å². The van der Waals surface area contributed by atoms with Gasteiger partial charge in [0.15, 0.2) is 0 Å². The van der Waals surface area contributed by atoms with Gasteiger partial charge in [-0.1, -0.05) is 22.8 Å². The van der Waals surface area contributed by atoms with Crippen molar-refractivity contribution in [2.75, 3.05) is 19.6 Å². The van der Waals surface area contributed by atoms with Crippen LogP contribution < -0.4 is 5.32 Å². The van der Waals surface area contributed by atoms with Crippen LogP contribution in [0, 0.1) is 5.82 Å². The molecule has 1 aliphatic rings. The van der Waals surface area contributed by atoms with E-state index in [1.54, 1.807) is 4.90 Å². The number of hydrogen-bond donors (Lipinski definition) is 1. The van der Waals surface area contributed by atoms with Crippen molar-refractivity contribution in [3.05, 3.63) is 64.2 Å². The molecule has 1 N–H and O–H groups in total. The van der Waals surface area contributed by atoms with E-state index >= 15 is 4.39 Å². The molecule has 1 saturated heterocycles. The highest BCUT2D eigenvalue weighted by Gasteiger charge is 2.49. The second-order valence-corrected chi connectivity index (χ2v) is 10.8. The van der Waals surface area contributed by atoms with Crippen LogP contribution in [0.1, 0.15) is 28.0 Å². The fourth-order valence-electron chi connectivity index (χ4n) is 4.02.